The molecule has 1 rings (SSSR count). The number of halogens is 1. The van der Waals surface area contributed by atoms with Gasteiger partial charge in [-0.15, -0.1) is 0 Å². The Bertz CT molecular complexity index is 300. The predicted octanol–water partition coefficient (Wildman–Crippen LogP) is 3.15. The van der Waals surface area contributed by atoms with Gasteiger partial charge in [-0.25, -0.2) is 0 Å². The molecule has 1 heterocycles. The lowest BCUT2D eigenvalue weighted by Crippen LogP contribution is -2.35. The number of nitrogens with two attached hydrogens (primary N) is 1. The Balaban J connectivity index is 2.47. The summed E-state index contributed by atoms with van der Waals surface area (Å²) < 4.78 is 1.02. The maximum atomic E-state index is 6.09. The maximum absolute atomic E-state index is 6.09. The quantitative estimate of drug-likeness (QED) is 0.917. The molecule has 1 atom stereocenters. The highest BCUT2D eigenvalue weighted by Gasteiger charge is 2.20. The minimum atomic E-state index is 0.176. The number of hydrogen-bond donors (Lipinski definition) is 1. The molecule has 1 aromatic heterocycles. The smallest absolute Gasteiger partial charge is 0.0413 e. The molecule has 3 heteroatoms. The first-order valence-corrected chi connectivity index (χ1v) is 6.05. The van der Waals surface area contributed by atoms with Gasteiger partial charge in [-0.2, -0.15) is 0 Å². The Morgan fingerprint density at radius 2 is 2.07 bits per heavy atom. The van der Waals surface area contributed by atoms with E-state index in [0.717, 1.165) is 23.0 Å². The van der Waals surface area contributed by atoms with Gasteiger partial charge in [0.1, 0.15) is 0 Å². The van der Waals surface area contributed by atoms with Crippen LogP contribution >= 0.6 is 15.9 Å². The topological polar surface area (TPSA) is 38.9 Å². The molecular weight excluding hydrogens is 252 g/mol. The lowest BCUT2D eigenvalue weighted by Gasteiger charge is -2.26. The molecule has 0 aromatic carbocycles. The molecule has 84 valence electrons. The third-order valence-corrected chi connectivity index (χ3v) is 3.08. The molecule has 1 unspecified atom stereocenters. The Labute approximate surface area is 100 Å². The van der Waals surface area contributed by atoms with E-state index in [9.17, 15) is 0 Å². The van der Waals surface area contributed by atoms with Crippen molar-refractivity contribution < 1.29 is 0 Å². The van der Waals surface area contributed by atoms with Crippen molar-refractivity contribution in [2.24, 2.45) is 11.1 Å². The van der Waals surface area contributed by atoms with Gasteiger partial charge in [0.2, 0.25) is 0 Å². The van der Waals surface area contributed by atoms with E-state index in [4.69, 9.17) is 5.73 Å². The van der Waals surface area contributed by atoms with E-state index in [-0.39, 0.29) is 11.5 Å². The Morgan fingerprint density at radius 3 is 2.53 bits per heavy atom. The van der Waals surface area contributed by atoms with E-state index in [0.29, 0.717) is 0 Å². The first-order valence-electron chi connectivity index (χ1n) is 5.25. The highest BCUT2D eigenvalue weighted by molar-refractivity contribution is 9.10. The lowest BCUT2D eigenvalue weighted by atomic mass is 9.84. The summed E-state index contributed by atoms with van der Waals surface area (Å²) in [5, 5.41) is 0. The van der Waals surface area contributed by atoms with Crippen LogP contribution in [0.4, 0.5) is 0 Å². The summed E-state index contributed by atoms with van der Waals surface area (Å²) in [4.78, 5) is 4.33. The van der Waals surface area contributed by atoms with Crippen molar-refractivity contribution in [1.29, 1.82) is 0 Å². The maximum Gasteiger partial charge on any atom is 0.0413 e. The Hall–Kier alpha value is -0.410. The molecule has 0 aliphatic carbocycles. The van der Waals surface area contributed by atoms with E-state index in [1.165, 1.54) is 0 Å². The number of aromatic nitrogens is 1. The van der Waals surface area contributed by atoms with Crippen molar-refractivity contribution in [3.63, 3.8) is 0 Å². The summed E-state index contributed by atoms with van der Waals surface area (Å²) in [5.74, 6) is 0. The zero-order chi connectivity index (χ0) is 11.5. The molecule has 0 radical (unpaired) electrons. The van der Waals surface area contributed by atoms with E-state index in [1.807, 2.05) is 18.3 Å². The van der Waals surface area contributed by atoms with E-state index in [2.05, 4.69) is 41.7 Å². The van der Waals surface area contributed by atoms with Gasteiger partial charge in [-0.1, -0.05) is 20.8 Å². The first kappa shape index (κ1) is 12.7. The van der Waals surface area contributed by atoms with Gasteiger partial charge in [-0.3, -0.25) is 4.98 Å². The number of aryl methyl sites for hydroxylation is 1. The SMILES string of the molecule is CC(C)(C)C(N)CCc1ccc(Br)cn1. The molecule has 0 amide bonds. The second-order valence-corrected chi connectivity index (χ2v) is 5.89. The predicted molar refractivity (Wildman–Crippen MR) is 67.7 cm³/mol. The summed E-state index contributed by atoms with van der Waals surface area (Å²) >= 11 is 3.37. The number of nitrogens with zero attached hydrogens (tertiary/aromatic N) is 1. The second kappa shape index (κ2) is 5.08. The Morgan fingerprint density at radius 1 is 1.40 bits per heavy atom. The highest BCUT2D eigenvalue weighted by Crippen LogP contribution is 2.21. The summed E-state index contributed by atoms with van der Waals surface area (Å²) in [7, 11) is 0. The van der Waals surface area contributed by atoms with Crippen LogP contribution in [-0.2, 0) is 6.42 Å². The average Bonchev–Trinajstić information content (AvgIpc) is 2.15. The number of rotatable bonds is 3. The van der Waals surface area contributed by atoms with E-state index in [1.54, 1.807) is 0 Å². The van der Waals surface area contributed by atoms with Gasteiger partial charge in [0, 0.05) is 22.4 Å². The molecule has 0 aliphatic rings. The fraction of sp³-hybridized carbons (Fsp3) is 0.583. The molecule has 0 saturated heterocycles. The average molecular weight is 271 g/mol. The van der Waals surface area contributed by atoms with Crippen molar-refractivity contribution in [1.82, 2.24) is 4.98 Å². The molecule has 0 aliphatic heterocycles. The summed E-state index contributed by atoms with van der Waals surface area (Å²) in [5.41, 5.74) is 7.38. The van der Waals surface area contributed by atoms with Crippen LogP contribution in [0.2, 0.25) is 0 Å². The van der Waals surface area contributed by atoms with Crippen LogP contribution in [0.1, 0.15) is 32.9 Å². The van der Waals surface area contributed by atoms with Crippen LogP contribution < -0.4 is 5.73 Å². The number of hydrogen-bond acceptors (Lipinski definition) is 2. The van der Waals surface area contributed by atoms with Gasteiger partial charge >= 0.3 is 0 Å². The van der Waals surface area contributed by atoms with Crippen molar-refractivity contribution in [3.8, 4) is 0 Å². The molecular formula is C12H19BrN2. The monoisotopic (exact) mass is 270 g/mol. The molecule has 2 nitrogen and oxygen atoms in total. The van der Waals surface area contributed by atoms with Gasteiger partial charge in [0.05, 0.1) is 0 Å². The lowest BCUT2D eigenvalue weighted by molar-refractivity contribution is 0.305. The minimum absolute atomic E-state index is 0.176. The molecule has 0 fully saturated rings. The fourth-order valence-electron chi connectivity index (χ4n) is 1.29. The van der Waals surface area contributed by atoms with Crippen LogP contribution in [0.3, 0.4) is 0 Å². The molecule has 0 bridgehead atoms. The third kappa shape index (κ3) is 4.31. The zero-order valence-electron chi connectivity index (χ0n) is 9.63. The second-order valence-electron chi connectivity index (χ2n) is 4.98. The number of pyridine rings is 1. The van der Waals surface area contributed by atoms with Crippen LogP contribution in [0.25, 0.3) is 0 Å². The van der Waals surface area contributed by atoms with Crippen molar-refractivity contribution >= 4 is 15.9 Å². The molecule has 2 N–H and O–H groups in total. The van der Waals surface area contributed by atoms with Crippen LogP contribution in [0, 0.1) is 5.41 Å². The summed E-state index contributed by atoms with van der Waals surface area (Å²) in [6, 6.07) is 4.28. The van der Waals surface area contributed by atoms with Gasteiger partial charge in [0.15, 0.2) is 0 Å². The molecule has 0 spiro atoms. The van der Waals surface area contributed by atoms with Crippen LogP contribution in [0.5, 0.6) is 0 Å². The van der Waals surface area contributed by atoms with Gasteiger partial charge < -0.3 is 5.73 Å². The fourth-order valence-corrected chi connectivity index (χ4v) is 1.53. The third-order valence-electron chi connectivity index (χ3n) is 2.61. The van der Waals surface area contributed by atoms with E-state index >= 15 is 0 Å². The zero-order valence-corrected chi connectivity index (χ0v) is 11.2. The van der Waals surface area contributed by atoms with Crippen molar-refractivity contribution in [3.05, 3.63) is 28.5 Å². The van der Waals surface area contributed by atoms with Crippen LogP contribution in [0.15, 0.2) is 22.8 Å². The highest BCUT2D eigenvalue weighted by atomic mass is 79.9. The summed E-state index contributed by atoms with van der Waals surface area (Å²) in [6.07, 6.45) is 3.77. The normalized spacial score (nSPS) is 13.9. The van der Waals surface area contributed by atoms with Crippen molar-refractivity contribution in [2.45, 2.75) is 39.7 Å². The standard InChI is InChI=1S/C12H19BrN2/c1-12(2,3)11(14)7-6-10-5-4-9(13)8-15-10/h4-5,8,11H,6-7,14H2,1-3H3. The first-order chi connectivity index (χ1) is 6.89. The van der Waals surface area contributed by atoms with E-state index < -0.39 is 0 Å². The Kier molecular flexibility index (Phi) is 4.29. The van der Waals surface area contributed by atoms with Gasteiger partial charge in [0.25, 0.3) is 0 Å². The molecule has 15 heavy (non-hydrogen) atoms. The van der Waals surface area contributed by atoms with Crippen molar-refractivity contribution in [2.75, 3.05) is 0 Å². The molecule has 1 aromatic rings. The minimum Gasteiger partial charge on any atom is -0.327 e. The summed E-state index contributed by atoms with van der Waals surface area (Å²) in [6.45, 7) is 6.52. The van der Waals surface area contributed by atoms with Gasteiger partial charge in [-0.05, 0) is 46.3 Å². The largest absolute Gasteiger partial charge is 0.327 e. The molecule has 0 saturated carbocycles. The van der Waals surface area contributed by atoms with Crippen LogP contribution in [-0.4, -0.2) is 11.0 Å².